The van der Waals surface area contributed by atoms with Crippen molar-refractivity contribution in [3.63, 3.8) is 0 Å². The van der Waals surface area contributed by atoms with Crippen LogP contribution in [0.2, 0.25) is 0 Å². The van der Waals surface area contributed by atoms with Gasteiger partial charge in [-0.3, -0.25) is 0 Å². The average molecular weight is 253 g/mol. The molecular formula is C14H20FNO2. The normalized spacial score (nSPS) is 12.2. The first-order valence-electron chi connectivity index (χ1n) is 6.47. The molecule has 1 atom stereocenters. The Bertz CT molecular complexity index is 382. The maximum atomic E-state index is 12.8. The number of hydrogen-bond donors (Lipinski definition) is 0. The molecule has 0 aliphatic rings. The summed E-state index contributed by atoms with van der Waals surface area (Å²) in [4.78, 5) is 15.1. The summed E-state index contributed by atoms with van der Waals surface area (Å²) < 4.78 is 18.0. The van der Waals surface area contributed by atoms with Gasteiger partial charge in [-0.2, -0.15) is 4.39 Å². The van der Waals surface area contributed by atoms with Crippen LogP contribution in [0.4, 0.5) is 4.39 Å². The van der Waals surface area contributed by atoms with Crippen molar-refractivity contribution in [2.45, 2.75) is 52.1 Å². The van der Waals surface area contributed by atoms with Gasteiger partial charge in [0.25, 0.3) is 0 Å². The predicted octanol–water partition coefficient (Wildman–Crippen LogP) is 3.74. The van der Waals surface area contributed by atoms with Gasteiger partial charge < -0.3 is 4.74 Å². The lowest BCUT2D eigenvalue weighted by Gasteiger charge is -2.12. The molecule has 0 amide bonds. The minimum atomic E-state index is -0.667. The lowest BCUT2D eigenvalue weighted by molar-refractivity contribution is 0.0311. The zero-order valence-corrected chi connectivity index (χ0v) is 11.0. The van der Waals surface area contributed by atoms with Crippen molar-refractivity contribution >= 4 is 5.97 Å². The van der Waals surface area contributed by atoms with E-state index in [1.165, 1.54) is 31.0 Å². The molecule has 0 aliphatic heterocycles. The van der Waals surface area contributed by atoms with Gasteiger partial charge >= 0.3 is 5.97 Å². The average Bonchev–Trinajstić information content (AvgIpc) is 2.34. The topological polar surface area (TPSA) is 39.2 Å². The van der Waals surface area contributed by atoms with Crippen LogP contribution in [0.1, 0.15) is 56.4 Å². The Morgan fingerprint density at radius 2 is 2.17 bits per heavy atom. The lowest BCUT2D eigenvalue weighted by Crippen LogP contribution is -2.16. The molecule has 0 bridgehead atoms. The molecule has 0 N–H and O–H groups in total. The second-order valence-electron chi connectivity index (χ2n) is 4.41. The number of unbranched alkanes of at least 4 members (excludes halogenated alkanes) is 3. The first kappa shape index (κ1) is 14.6. The second kappa shape index (κ2) is 7.80. The maximum absolute atomic E-state index is 12.8. The molecular weight excluding hydrogens is 233 g/mol. The van der Waals surface area contributed by atoms with Crippen molar-refractivity contribution in [1.29, 1.82) is 0 Å². The van der Waals surface area contributed by atoms with Crippen LogP contribution >= 0.6 is 0 Å². The van der Waals surface area contributed by atoms with Gasteiger partial charge in [0, 0.05) is 0 Å². The quantitative estimate of drug-likeness (QED) is 0.422. The second-order valence-corrected chi connectivity index (χ2v) is 4.41. The highest BCUT2D eigenvalue weighted by Crippen LogP contribution is 2.10. The third kappa shape index (κ3) is 5.25. The molecule has 4 heteroatoms. The van der Waals surface area contributed by atoms with E-state index < -0.39 is 11.9 Å². The maximum Gasteiger partial charge on any atom is 0.357 e. The molecule has 3 nitrogen and oxygen atoms in total. The molecule has 1 rings (SSSR count). The summed E-state index contributed by atoms with van der Waals surface area (Å²) in [5.74, 6) is -1.22. The standard InChI is InChI=1S/C14H20FNO2/c1-3-4-5-6-8-11(2)18-14(17)12-9-7-10-13(15)16-12/h7,9-11H,3-6,8H2,1-2H3. The van der Waals surface area contributed by atoms with E-state index in [0.717, 1.165) is 19.3 Å². The van der Waals surface area contributed by atoms with Crippen molar-refractivity contribution in [3.05, 3.63) is 29.8 Å². The summed E-state index contributed by atoms with van der Waals surface area (Å²) in [6.45, 7) is 4.00. The summed E-state index contributed by atoms with van der Waals surface area (Å²) in [6, 6.07) is 4.10. The number of hydrogen-bond acceptors (Lipinski definition) is 3. The fourth-order valence-electron chi connectivity index (χ4n) is 1.68. The smallest absolute Gasteiger partial charge is 0.357 e. The van der Waals surface area contributed by atoms with E-state index >= 15 is 0 Å². The van der Waals surface area contributed by atoms with E-state index in [2.05, 4.69) is 11.9 Å². The van der Waals surface area contributed by atoms with E-state index in [9.17, 15) is 9.18 Å². The van der Waals surface area contributed by atoms with Crippen LogP contribution < -0.4 is 0 Å². The van der Waals surface area contributed by atoms with Crippen molar-refractivity contribution in [2.75, 3.05) is 0 Å². The van der Waals surface area contributed by atoms with E-state index in [1.54, 1.807) is 0 Å². The minimum absolute atomic E-state index is 0.0235. The van der Waals surface area contributed by atoms with Crippen molar-refractivity contribution < 1.29 is 13.9 Å². The fraction of sp³-hybridized carbons (Fsp3) is 0.571. The Hall–Kier alpha value is -1.45. The first-order chi connectivity index (χ1) is 8.63. The third-order valence-corrected chi connectivity index (χ3v) is 2.70. The molecule has 1 unspecified atom stereocenters. The lowest BCUT2D eigenvalue weighted by atomic mass is 10.1. The fourth-order valence-corrected chi connectivity index (χ4v) is 1.68. The molecule has 0 saturated carbocycles. The molecule has 0 saturated heterocycles. The SMILES string of the molecule is CCCCCCC(C)OC(=O)c1cccc(F)n1. The van der Waals surface area contributed by atoms with Gasteiger partial charge in [-0.25, -0.2) is 9.78 Å². The Morgan fingerprint density at radius 3 is 2.83 bits per heavy atom. The number of carbonyl (C=O) groups is 1. The Kier molecular flexibility index (Phi) is 6.33. The molecule has 1 aromatic heterocycles. The van der Waals surface area contributed by atoms with Crippen molar-refractivity contribution in [3.8, 4) is 0 Å². The zero-order valence-electron chi connectivity index (χ0n) is 11.0. The van der Waals surface area contributed by atoms with Crippen LogP contribution in [0.15, 0.2) is 18.2 Å². The largest absolute Gasteiger partial charge is 0.458 e. The molecule has 0 radical (unpaired) electrons. The molecule has 1 aromatic rings. The summed E-state index contributed by atoms with van der Waals surface area (Å²) >= 11 is 0. The monoisotopic (exact) mass is 253 g/mol. The van der Waals surface area contributed by atoms with Crippen LogP contribution in [0, 0.1) is 5.95 Å². The number of halogens is 1. The van der Waals surface area contributed by atoms with E-state index in [-0.39, 0.29) is 11.8 Å². The van der Waals surface area contributed by atoms with Gasteiger partial charge in [0.1, 0.15) is 0 Å². The Labute approximate surface area is 107 Å². The number of aromatic nitrogens is 1. The summed E-state index contributed by atoms with van der Waals surface area (Å²) in [7, 11) is 0. The number of carbonyl (C=O) groups excluding carboxylic acids is 1. The Morgan fingerprint density at radius 1 is 1.39 bits per heavy atom. The van der Waals surface area contributed by atoms with Crippen LogP contribution in [-0.4, -0.2) is 17.1 Å². The molecule has 0 aromatic carbocycles. The van der Waals surface area contributed by atoms with E-state index in [4.69, 9.17) is 4.74 Å². The summed E-state index contributed by atoms with van der Waals surface area (Å²) in [5, 5.41) is 0. The van der Waals surface area contributed by atoms with Crippen molar-refractivity contribution in [2.24, 2.45) is 0 Å². The number of rotatable bonds is 7. The van der Waals surface area contributed by atoms with Crippen LogP contribution in [-0.2, 0) is 4.74 Å². The van der Waals surface area contributed by atoms with Crippen LogP contribution in [0.5, 0.6) is 0 Å². The zero-order chi connectivity index (χ0) is 13.4. The molecule has 0 fully saturated rings. The molecule has 0 aliphatic carbocycles. The van der Waals surface area contributed by atoms with Gasteiger partial charge in [-0.15, -0.1) is 0 Å². The third-order valence-electron chi connectivity index (χ3n) is 2.70. The van der Waals surface area contributed by atoms with Gasteiger partial charge in [-0.05, 0) is 31.9 Å². The summed E-state index contributed by atoms with van der Waals surface area (Å²) in [5.41, 5.74) is 0.0235. The van der Waals surface area contributed by atoms with Crippen LogP contribution in [0.3, 0.4) is 0 Å². The van der Waals surface area contributed by atoms with Gasteiger partial charge in [-0.1, -0.05) is 32.3 Å². The minimum Gasteiger partial charge on any atom is -0.458 e. The van der Waals surface area contributed by atoms with Crippen LogP contribution in [0.25, 0.3) is 0 Å². The highest BCUT2D eigenvalue weighted by atomic mass is 19.1. The highest BCUT2D eigenvalue weighted by Gasteiger charge is 2.13. The molecule has 1 heterocycles. The summed E-state index contributed by atoms with van der Waals surface area (Å²) in [6.07, 6.45) is 5.25. The van der Waals surface area contributed by atoms with Gasteiger partial charge in [0.2, 0.25) is 5.95 Å². The molecule has 0 spiro atoms. The van der Waals surface area contributed by atoms with Gasteiger partial charge in [0.05, 0.1) is 6.10 Å². The predicted molar refractivity (Wildman–Crippen MR) is 67.8 cm³/mol. The molecule has 18 heavy (non-hydrogen) atoms. The van der Waals surface area contributed by atoms with E-state index in [1.807, 2.05) is 6.92 Å². The van der Waals surface area contributed by atoms with Gasteiger partial charge in [0.15, 0.2) is 5.69 Å². The van der Waals surface area contributed by atoms with E-state index in [0.29, 0.717) is 0 Å². The number of nitrogens with zero attached hydrogens (tertiary/aromatic N) is 1. The Balaban J connectivity index is 2.35. The van der Waals surface area contributed by atoms with Crippen molar-refractivity contribution in [1.82, 2.24) is 4.98 Å². The first-order valence-corrected chi connectivity index (χ1v) is 6.47. The number of pyridine rings is 1. The number of ether oxygens (including phenoxy) is 1. The molecule has 100 valence electrons. The number of esters is 1. The highest BCUT2D eigenvalue weighted by molar-refractivity contribution is 5.87.